The smallest absolute Gasteiger partial charge is 0.311 e. The molecule has 1 aliphatic heterocycles. The fourth-order valence-electron chi connectivity index (χ4n) is 2.46. The summed E-state index contributed by atoms with van der Waals surface area (Å²) >= 11 is 1.50. The van der Waals surface area contributed by atoms with E-state index in [1.807, 2.05) is 6.92 Å². The lowest BCUT2D eigenvalue weighted by Gasteiger charge is -2.23. The molecule has 1 aromatic carbocycles. The molecule has 0 radical (unpaired) electrons. The minimum atomic E-state index is -0.851. The Morgan fingerprint density at radius 3 is 2.59 bits per heavy atom. The Hall–Kier alpha value is -1.56. The SMILES string of the molecule is CC(CSc1ccc(F)cc1)C(=O)N1CCC(C)(C(=O)O)C1. The second-order valence-electron chi connectivity index (χ2n) is 6.04. The summed E-state index contributed by atoms with van der Waals surface area (Å²) in [6.07, 6.45) is 0.492. The molecule has 6 heteroatoms. The van der Waals surface area contributed by atoms with Crippen LogP contribution < -0.4 is 0 Å². The zero-order valence-corrected chi connectivity index (χ0v) is 13.5. The van der Waals surface area contributed by atoms with Gasteiger partial charge in [-0.25, -0.2) is 4.39 Å². The number of aliphatic carboxylic acids is 1. The van der Waals surface area contributed by atoms with E-state index >= 15 is 0 Å². The summed E-state index contributed by atoms with van der Waals surface area (Å²) in [5.41, 5.74) is -0.834. The quantitative estimate of drug-likeness (QED) is 0.846. The summed E-state index contributed by atoms with van der Waals surface area (Å²) in [5.74, 6) is -0.759. The number of nitrogens with zero attached hydrogens (tertiary/aromatic N) is 1. The van der Waals surface area contributed by atoms with E-state index in [4.69, 9.17) is 0 Å². The molecule has 0 aliphatic carbocycles. The van der Waals surface area contributed by atoms with Crippen molar-refractivity contribution in [3.8, 4) is 0 Å². The molecule has 1 saturated heterocycles. The average Bonchev–Trinajstić information content (AvgIpc) is 2.89. The van der Waals surface area contributed by atoms with E-state index in [0.717, 1.165) is 4.90 Å². The van der Waals surface area contributed by atoms with Crippen LogP contribution in [0.4, 0.5) is 4.39 Å². The Balaban J connectivity index is 1.87. The fraction of sp³-hybridized carbons (Fsp3) is 0.500. The van der Waals surface area contributed by atoms with Gasteiger partial charge in [-0.15, -0.1) is 11.8 Å². The van der Waals surface area contributed by atoms with Crippen LogP contribution in [-0.4, -0.2) is 40.7 Å². The number of thioether (sulfide) groups is 1. The van der Waals surface area contributed by atoms with Gasteiger partial charge in [-0.2, -0.15) is 0 Å². The minimum Gasteiger partial charge on any atom is -0.481 e. The minimum absolute atomic E-state index is 0.0143. The predicted octanol–water partition coefficient (Wildman–Crippen LogP) is 2.88. The van der Waals surface area contributed by atoms with E-state index in [1.165, 1.54) is 23.9 Å². The normalized spacial score (nSPS) is 22.6. The Kier molecular flexibility index (Phi) is 5.11. The number of hydrogen-bond donors (Lipinski definition) is 1. The first-order valence-corrected chi connectivity index (χ1v) is 8.21. The van der Waals surface area contributed by atoms with Crippen LogP contribution in [0.5, 0.6) is 0 Å². The van der Waals surface area contributed by atoms with E-state index in [9.17, 15) is 19.1 Å². The third kappa shape index (κ3) is 3.80. The van der Waals surface area contributed by atoms with Crippen molar-refractivity contribution in [1.82, 2.24) is 4.90 Å². The van der Waals surface area contributed by atoms with Gasteiger partial charge in [0.05, 0.1) is 5.41 Å². The van der Waals surface area contributed by atoms with Crippen molar-refractivity contribution in [2.45, 2.75) is 25.2 Å². The molecule has 1 aromatic rings. The second-order valence-corrected chi connectivity index (χ2v) is 7.13. The maximum Gasteiger partial charge on any atom is 0.311 e. The predicted molar refractivity (Wildman–Crippen MR) is 83.2 cm³/mol. The summed E-state index contributed by atoms with van der Waals surface area (Å²) < 4.78 is 12.8. The molecule has 0 spiro atoms. The molecular formula is C16H20FNO3S. The highest BCUT2D eigenvalue weighted by Gasteiger charge is 2.42. The van der Waals surface area contributed by atoms with Gasteiger partial charge in [0.15, 0.2) is 0 Å². The highest BCUT2D eigenvalue weighted by atomic mass is 32.2. The Morgan fingerprint density at radius 2 is 2.05 bits per heavy atom. The molecule has 1 N–H and O–H groups in total. The van der Waals surface area contributed by atoms with E-state index < -0.39 is 11.4 Å². The second kappa shape index (κ2) is 6.69. The first-order valence-electron chi connectivity index (χ1n) is 7.22. The van der Waals surface area contributed by atoms with Crippen molar-refractivity contribution < 1.29 is 19.1 Å². The highest BCUT2D eigenvalue weighted by Crippen LogP contribution is 2.31. The van der Waals surface area contributed by atoms with E-state index in [0.29, 0.717) is 18.7 Å². The molecule has 0 aromatic heterocycles. The molecule has 4 nitrogen and oxygen atoms in total. The summed E-state index contributed by atoms with van der Waals surface area (Å²) in [6, 6.07) is 6.17. The topological polar surface area (TPSA) is 57.6 Å². The molecule has 1 fully saturated rings. The molecule has 2 atom stereocenters. The largest absolute Gasteiger partial charge is 0.481 e. The molecule has 1 heterocycles. The first kappa shape index (κ1) is 16.8. The number of amides is 1. The zero-order chi connectivity index (χ0) is 16.3. The standard InChI is InChI=1S/C16H20FNO3S/c1-11(9-22-13-5-3-12(17)4-6-13)14(19)18-8-7-16(2,10-18)15(20)21/h3-6,11H,7-10H2,1-2H3,(H,20,21). The highest BCUT2D eigenvalue weighted by molar-refractivity contribution is 7.99. The number of halogens is 1. The summed E-state index contributed by atoms with van der Waals surface area (Å²) in [6.45, 7) is 4.29. The van der Waals surface area contributed by atoms with Crippen molar-refractivity contribution in [3.63, 3.8) is 0 Å². The van der Waals surface area contributed by atoms with Gasteiger partial charge in [0.1, 0.15) is 5.82 Å². The number of carbonyl (C=O) groups excluding carboxylic acids is 1. The van der Waals surface area contributed by atoms with Gasteiger partial charge in [0, 0.05) is 29.7 Å². The Labute approximate surface area is 133 Å². The molecular weight excluding hydrogens is 305 g/mol. The number of rotatable bonds is 5. The van der Waals surface area contributed by atoms with Crippen molar-refractivity contribution >= 4 is 23.6 Å². The maximum absolute atomic E-state index is 12.8. The van der Waals surface area contributed by atoms with Crippen molar-refractivity contribution in [3.05, 3.63) is 30.1 Å². The molecule has 1 amide bonds. The van der Waals surface area contributed by atoms with Gasteiger partial charge in [0.2, 0.25) is 5.91 Å². The molecule has 2 rings (SSSR count). The van der Waals surface area contributed by atoms with Gasteiger partial charge in [-0.3, -0.25) is 9.59 Å². The lowest BCUT2D eigenvalue weighted by Crippen LogP contribution is -2.37. The molecule has 0 bridgehead atoms. The molecule has 2 unspecified atom stereocenters. The molecule has 22 heavy (non-hydrogen) atoms. The molecule has 1 aliphatic rings. The monoisotopic (exact) mass is 325 g/mol. The summed E-state index contributed by atoms with van der Waals surface area (Å²) in [4.78, 5) is 26.2. The Bertz CT molecular complexity index is 563. The van der Waals surface area contributed by atoms with E-state index in [-0.39, 0.29) is 24.2 Å². The number of likely N-dealkylation sites (tertiary alicyclic amines) is 1. The number of hydrogen-bond acceptors (Lipinski definition) is 3. The van der Waals surface area contributed by atoms with E-state index in [2.05, 4.69) is 0 Å². The zero-order valence-electron chi connectivity index (χ0n) is 12.7. The number of carboxylic acid groups (broad SMARTS) is 1. The third-order valence-corrected chi connectivity index (χ3v) is 5.31. The van der Waals surface area contributed by atoms with Crippen LogP contribution in [-0.2, 0) is 9.59 Å². The number of carboxylic acids is 1. The van der Waals surface area contributed by atoms with Gasteiger partial charge < -0.3 is 10.0 Å². The van der Waals surface area contributed by atoms with Crippen LogP contribution in [0.25, 0.3) is 0 Å². The van der Waals surface area contributed by atoms with Crippen LogP contribution in [0.1, 0.15) is 20.3 Å². The van der Waals surface area contributed by atoms with Crippen molar-refractivity contribution in [1.29, 1.82) is 0 Å². The van der Waals surface area contributed by atoms with Gasteiger partial charge >= 0.3 is 5.97 Å². The number of carbonyl (C=O) groups is 2. The maximum atomic E-state index is 12.8. The summed E-state index contributed by atoms with van der Waals surface area (Å²) in [7, 11) is 0. The average molecular weight is 325 g/mol. The third-order valence-electron chi connectivity index (χ3n) is 4.04. The van der Waals surface area contributed by atoms with Crippen LogP contribution in [0, 0.1) is 17.2 Å². The molecule has 0 saturated carbocycles. The van der Waals surface area contributed by atoms with Crippen molar-refractivity contribution in [2.75, 3.05) is 18.8 Å². The Morgan fingerprint density at radius 1 is 1.41 bits per heavy atom. The number of benzene rings is 1. The van der Waals surface area contributed by atoms with Crippen LogP contribution >= 0.6 is 11.8 Å². The van der Waals surface area contributed by atoms with Gasteiger partial charge in [0.25, 0.3) is 0 Å². The van der Waals surface area contributed by atoms with Crippen molar-refractivity contribution in [2.24, 2.45) is 11.3 Å². The summed E-state index contributed by atoms with van der Waals surface area (Å²) in [5, 5.41) is 9.21. The van der Waals surface area contributed by atoms with Gasteiger partial charge in [-0.05, 0) is 37.6 Å². The van der Waals surface area contributed by atoms with Crippen LogP contribution in [0.2, 0.25) is 0 Å². The first-order chi connectivity index (χ1) is 10.3. The van der Waals surface area contributed by atoms with E-state index in [1.54, 1.807) is 24.0 Å². The van der Waals surface area contributed by atoms with Crippen LogP contribution in [0.15, 0.2) is 29.2 Å². The lowest BCUT2D eigenvalue weighted by molar-refractivity contribution is -0.147. The van der Waals surface area contributed by atoms with Crippen LogP contribution in [0.3, 0.4) is 0 Å². The fourth-order valence-corrected chi connectivity index (χ4v) is 3.37. The lowest BCUT2D eigenvalue weighted by atomic mass is 9.90. The molecule has 120 valence electrons. The van der Waals surface area contributed by atoms with Gasteiger partial charge in [-0.1, -0.05) is 6.92 Å².